The Morgan fingerprint density at radius 3 is 2.64 bits per heavy atom. The molecule has 0 aliphatic rings. The number of benzene rings is 1. The summed E-state index contributed by atoms with van der Waals surface area (Å²) in [5.41, 5.74) is 1.39. The molecule has 0 spiro atoms. The number of carbonyl (C=O) groups is 1. The summed E-state index contributed by atoms with van der Waals surface area (Å²) >= 11 is 0. The first kappa shape index (κ1) is 16.8. The van der Waals surface area contributed by atoms with Crippen LogP contribution in [0.1, 0.15) is 31.1 Å². The number of nitrogens with one attached hydrogen (secondary N) is 1. The fourth-order valence-electron chi connectivity index (χ4n) is 2.46. The van der Waals surface area contributed by atoms with Gasteiger partial charge in [0, 0.05) is 17.8 Å². The van der Waals surface area contributed by atoms with Crippen molar-refractivity contribution in [3.8, 4) is 17.0 Å². The molecule has 0 fully saturated rings. The normalized spacial score (nSPS) is 11.0. The van der Waals surface area contributed by atoms with Crippen LogP contribution < -0.4 is 10.3 Å². The summed E-state index contributed by atoms with van der Waals surface area (Å²) in [6, 6.07) is 8.71. The van der Waals surface area contributed by atoms with Crippen LogP contribution in [0.25, 0.3) is 16.9 Å². The number of H-pyrrole nitrogens is 1. The maximum Gasteiger partial charge on any atom is 0.343 e. The Kier molecular flexibility index (Phi) is 4.56. The summed E-state index contributed by atoms with van der Waals surface area (Å²) in [7, 11) is 0. The first-order chi connectivity index (χ1) is 12.0. The Bertz CT molecular complexity index is 955. The van der Waals surface area contributed by atoms with Gasteiger partial charge >= 0.3 is 5.97 Å². The van der Waals surface area contributed by atoms with Crippen molar-refractivity contribution in [2.24, 2.45) is 0 Å². The third kappa shape index (κ3) is 3.40. The topological polar surface area (TPSA) is 85.7 Å². The minimum Gasteiger partial charge on any atom is -0.491 e. The predicted molar refractivity (Wildman–Crippen MR) is 93.0 cm³/mol. The molecule has 0 unspecified atom stereocenters. The van der Waals surface area contributed by atoms with Gasteiger partial charge in [-0.1, -0.05) is 0 Å². The number of carbonyl (C=O) groups excluding carboxylic acids is 1. The van der Waals surface area contributed by atoms with E-state index >= 15 is 0 Å². The molecule has 0 saturated carbocycles. The van der Waals surface area contributed by atoms with E-state index in [2.05, 4.69) is 10.1 Å². The molecule has 0 saturated heterocycles. The van der Waals surface area contributed by atoms with E-state index in [1.807, 2.05) is 38.1 Å². The monoisotopic (exact) mass is 341 g/mol. The molecule has 0 radical (unpaired) electrons. The van der Waals surface area contributed by atoms with Crippen molar-refractivity contribution in [1.29, 1.82) is 0 Å². The molecule has 3 aromatic rings. The number of rotatable bonds is 5. The van der Waals surface area contributed by atoms with Crippen LogP contribution in [-0.2, 0) is 4.74 Å². The third-order valence-corrected chi connectivity index (χ3v) is 3.51. The molecule has 0 atom stereocenters. The van der Waals surface area contributed by atoms with Crippen molar-refractivity contribution in [1.82, 2.24) is 14.6 Å². The zero-order chi connectivity index (χ0) is 18.0. The minimum absolute atomic E-state index is 0.0805. The molecule has 0 bridgehead atoms. The lowest BCUT2D eigenvalue weighted by molar-refractivity contribution is 0.0528. The van der Waals surface area contributed by atoms with Gasteiger partial charge in [-0.05, 0) is 45.0 Å². The number of aromatic amines is 1. The molecule has 1 N–H and O–H groups in total. The van der Waals surface area contributed by atoms with E-state index < -0.39 is 5.97 Å². The summed E-state index contributed by atoms with van der Waals surface area (Å²) in [6.45, 7) is 5.87. The molecule has 0 amide bonds. The van der Waals surface area contributed by atoms with Gasteiger partial charge in [0.15, 0.2) is 5.65 Å². The molecule has 3 rings (SSSR count). The standard InChI is InChI=1S/C18H19N3O4/c1-4-24-18(23)14-10-19-21-16(22)9-15(20-17(14)21)12-5-7-13(8-6-12)25-11(2)3/h5-11,19H,4H2,1-3H3. The highest BCUT2D eigenvalue weighted by atomic mass is 16.5. The van der Waals surface area contributed by atoms with Crippen LogP contribution in [0.2, 0.25) is 0 Å². The maximum atomic E-state index is 12.3. The van der Waals surface area contributed by atoms with Crippen LogP contribution >= 0.6 is 0 Å². The average molecular weight is 341 g/mol. The first-order valence-corrected chi connectivity index (χ1v) is 8.05. The highest BCUT2D eigenvalue weighted by Crippen LogP contribution is 2.21. The largest absolute Gasteiger partial charge is 0.491 e. The minimum atomic E-state index is -0.522. The van der Waals surface area contributed by atoms with Crippen LogP contribution in [0.4, 0.5) is 0 Å². The molecule has 2 aromatic heterocycles. The van der Waals surface area contributed by atoms with Crippen molar-refractivity contribution >= 4 is 11.6 Å². The van der Waals surface area contributed by atoms with Crippen LogP contribution in [-0.4, -0.2) is 33.3 Å². The Hall–Kier alpha value is -3.09. The fourth-order valence-corrected chi connectivity index (χ4v) is 2.46. The summed E-state index contributed by atoms with van der Waals surface area (Å²) < 4.78 is 11.8. The summed E-state index contributed by atoms with van der Waals surface area (Å²) in [5.74, 6) is 0.219. The van der Waals surface area contributed by atoms with Crippen molar-refractivity contribution in [2.45, 2.75) is 26.9 Å². The molecule has 7 heteroatoms. The molecular weight excluding hydrogens is 322 g/mol. The first-order valence-electron chi connectivity index (χ1n) is 8.05. The van der Waals surface area contributed by atoms with Gasteiger partial charge in [-0.2, -0.15) is 0 Å². The second-order valence-electron chi connectivity index (χ2n) is 5.74. The molecule has 7 nitrogen and oxygen atoms in total. The molecule has 2 heterocycles. The lowest BCUT2D eigenvalue weighted by Crippen LogP contribution is -2.15. The number of hydrogen-bond donors (Lipinski definition) is 1. The highest BCUT2D eigenvalue weighted by Gasteiger charge is 2.17. The number of aromatic nitrogens is 3. The average Bonchev–Trinajstić information content (AvgIpc) is 3.00. The van der Waals surface area contributed by atoms with E-state index in [4.69, 9.17) is 9.47 Å². The Morgan fingerprint density at radius 1 is 1.28 bits per heavy atom. The van der Waals surface area contributed by atoms with Gasteiger partial charge in [0.05, 0.1) is 18.4 Å². The van der Waals surface area contributed by atoms with E-state index in [1.165, 1.54) is 16.8 Å². The molecule has 0 aliphatic carbocycles. The van der Waals surface area contributed by atoms with Crippen molar-refractivity contribution < 1.29 is 14.3 Å². The van der Waals surface area contributed by atoms with Crippen molar-refractivity contribution in [3.05, 3.63) is 52.4 Å². The molecule has 25 heavy (non-hydrogen) atoms. The van der Waals surface area contributed by atoms with E-state index in [1.54, 1.807) is 6.92 Å². The van der Waals surface area contributed by atoms with E-state index in [0.29, 0.717) is 5.69 Å². The molecular formula is C18H19N3O4. The van der Waals surface area contributed by atoms with Crippen molar-refractivity contribution in [2.75, 3.05) is 6.61 Å². The van der Waals surface area contributed by atoms with Crippen LogP contribution in [0.5, 0.6) is 5.75 Å². The fraction of sp³-hybridized carbons (Fsp3) is 0.278. The predicted octanol–water partition coefficient (Wildman–Crippen LogP) is 2.65. The third-order valence-electron chi connectivity index (χ3n) is 3.51. The van der Waals surface area contributed by atoms with Crippen LogP contribution in [0.3, 0.4) is 0 Å². The number of fused-ring (bicyclic) bond motifs is 1. The van der Waals surface area contributed by atoms with Gasteiger partial charge in [0.1, 0.15) is 11.3 Å². The number of nitrogens with zero attached hydrogens (tertiary/aromatic N) is 2. The highest BCUT2D eigenvalue weighted by molar-refractivity contribution is 5.95. The van der Waals surface area contributed by atoms with E-state index in [0.717, 1.165) is 11.3 Å². The van der Waals surface area contributed by atoms with E-state index in [-0.39, 0.29) is 29.5 Å². The van der Waals surface area contributed by atoms with E-state index in [9.17, 15) is 9.59 Å². The smallest absolute Gasteiger partial charge is 0.343 e. The molecule has 130 valence electrons. The van der Waals surface area contributed by atoms with Gasteiger partial charge in [0.2, 0.25) is 0 Å². The second-order valence-corrected chi connectivity index (χ2v) is 5.74. The Balaban J connectivity index is 2.03. The van der Waals surface area contributed by atoms with Crippen LogP contribution in [0.15, 0.2) is 41.3 Å². The van der Waals surface area contributed by atoms with Gasteiger partial charge in [-0.25, -0.2) is 14.3 Å². The summed E-state index contributed by atoms with van der Waals surface area (Å²) in [4.78, 5) is 28.8. The van der Waals surface area contributed by atoms with Crippen molar-refractivity contribution in [3.63, 3.8) is 0 Å². The lowest BCUT2D eigenvalue weighted by Gasteiger charge is -2.10. The van der Waals surface area contributed by atoms with Gasteiger partial charge in [-0.15, -0.1) is 0 Å². The zero-order valence-corrected chi connectivity index (χ0v) is 14.3. The number of esters is 1. The van der Waals surface area contributed by atoms with Gasteiger partial charge < -0.3 is 9.47 Å². The quantitative estimate of drug-likeness (QED) is 0.721. The molecule has 0 aliphatic heterocycles. The maximum absolute atomic E-state index is 12.3. The number of ether oxygens (including phenoxy) is 2. The summed E-state index contributed by atoms with van der Waals surface area (Å²) in [5, 5.41) is 2.73. The Morgan fingerprint density at radius 2 is 2.00 bits per heavy atom. The SMILES string of the molecule is CCOC(=O)c1c[nH]n2c(=O)cc(-c3ccc(OC(C)C)cc3)nc12. The second kappa shape index (κ2) is 6.80. The van der Waals surface area contributed by atoms with Crippen LogP contribution in [0, 0.1) is 0 Å². The van der Waals surface area contributed by atoms with Gasteiger partial charge in [0.25, 0.3) is 5.56 Å². The summed E-state index contributed by atoms with van der Waals surface area (Å²) in [6.07, 6.45) is 1.50. The Labute approximate surface area is 144 Å². The van der Waals surface area contributed by atoms with Gasteiger partial charge in [-0.3, -0.25) is 9.89 Å². The number of hydrogen-bond acceptors (Lipinski definition) is 5. The molecule has 1 aromatic carbocycles. The zero-order valence-electron chi connectivity index (χ0n) is 14.3. The lowest BCUT2D eigenvalue weighted by atomic mass is 10.1.